The van der Waals surface area contributed by atoms with Gasteiger partial charge in [-0.3, -0.25) is 0 Å². The van der Waals surface area contributed by atoms with Gasteiger partial charge in [0.25, 0.3) is 0 Å². The minimum atomic E-state index is -3.53. The van der Waals surface area contributed by atoms with Crippen molar-refractivity contribution in [2.75, 3.05) is 5.33 Å². The normalized spacial score (nSPS) is 12.8. The number of hydrogen-bond acceptors (Lipinski definition) is 3. The zero-order valence-corrected chi connectivity index (χ0v) is 10.5. The molecule has 82 valence electrons. The number of alkyl halides is 1. The summed E-state index contributed by atoms with van der Waals surface area (Å²) < 4.78 is 23.3. The van der Waals surface area contributed by atoms with E-state index in [9.17, 15) is 8.42 Å². The molecule has 0 saturated carbocycles. The van der Waals surface area contributed by atoms with E-state index in [4.69, 9.17) is 5.11 Å². The molecule has 1 rings (SSSR count). The lowest BCUT2D eigenvalue weighted by Crippen LogP contribution is -1.98. The molecule has 0 fully saturated rings. The third-order valence-corrected chi connectivity index (χ3v) is 3.86. The van der Waals surface area contributed by atoms with E-state index in [0.717, 1.165) is 11.0 Å². The molecule has 0 spiro atoms. The lowest BCUT2D eigenvalue weighted by molar-refractivity contribution is 0.419. The van der Waals surface area contributed by atoms with Crippen LogP contribution in [0.15, 0.2) is 40.3 Å². The van der Waals surface area contributed by atoms with Crippen molar-refractivity contribution in [1.82, 2.24) is 0 Å². The predicted octanol–water partition coefficient (Wildman–Crippen LogP) is 2.56. The molecule has 0 atom stereocenters. The van der Waals surface area contributed by atoms with Crippen LogP contribution in [0.5, 0.6) is 0 Å². The molecule has 0 saturated heterocycles. The molecular weight excluding hydrogens is 280 g/mol. The van der Waals surface area contributed by atoms with Crippen molar-refractivity contribution < 1.29 is 13.5 Å². The van der Waals surface area contributed by atoms with Gasteiger partial charge in [-0.15, -0.1) is 0 Å². The highest BCUT2D eigenvalue weighted by Gasteiger charge is 2.11. The zero-order valence-electron chi connectivity index (χ0n) is 8.14. The number of halogens is 1. The van der Waals surface area contributed by atoms with E-state index in [-0.39, 0.29) is 16.0 Å². The summed E-state index contributed by atoms with van der Waals surface area (Å²) in [6.45, 7) is 1.88. The van der Waals surface area contributed by atoms with Gasteiger partial charge in [-0.1, -0.05) is 33.6 Å². The number of aliphatic hydroxyl groups excluding tert-OH is 1. The van der Waals surface area contributed by atoms with Gasteiger partial charge in [-0.25, -0.2) is 8.42 Å². The molecule has 3 nitrogen and oxygen atoms in total. The quantitative estimate of drug-likeness (QED) is 0.688. The average molecular weight is 291 g/mol. The molecule has 0 amide bonds. The number of allylic oxidation sites excluding steroid dienone is 1. The first-order valence-corrected chi connectivity index (χ1v) is 6.90. The van der Waals surface area contributed by atoms with Gasteiger partial charge in [-0.05, 0) is 19.1 Å². The lowest BCUT2D eigenvalue weighted by Gasteiger charge is -2.00. The molecule has 1 aromatic rings. The fourth-order valence-corrected chi connectivity index (χ4v) is 2.48. The molecule has 0 aliphatic rings. The fraction of sp³-hybridized carbons (Fsp3) is 0.200. The highest BCUT2D eigenvalue weighted by atomic mass is 79.9. The van der Waals surface area contributed by atoms with Crippen molar-refractivity contribution in [1.29, 1.82) is 0 Å². The molecule has 0 aliphatic carbocycles. The molecule has 1 N–H and O–H groups in total. The van der Waals surface area contributed by atoms with Crippen LogP contribution in [-0.4, -0.2) is 18.9 Å². The number of sulfone groups is 1. The molecule has 0 aromatic heterocycles. The summed E-state index contributed by atoms with van der Waals surface area (Å²) in [5.41, 5.74) is 0.989. The van der Waals surface area contributed by atoms with Gasteiger partial charge >= 0.3 is 0 Å². The first-order chi connectivity index (χ1) is 6.95. The summed E-state index contributed by atoms with van der Waals surface area (Å²) in [5.74, 6) is -0.212. The molecule has 0 heterocycles. The second kappa shape index (κ2) is 4.81. The van der Waals surface area contributed by atoms with Crippen molar-refractivity contribution in [2.24, 2.45) is 0 Å². The lowest BCUT2D eigenvalue weighted by atomic mass is 10.2. The highest BCUT2D eigenvalue weighted by Crippen LogP contribution is 2.14. The van der Waals surface area contributed by atoms with Crippen molar-refractivity contribution in [3.8, 4) is 0 Å². The van der Waals surface area contributed by atoms with Crippen molar-refractivity contribution in [3.63, 3.8) is 0 Å². The number of aryl methyl sites for hydroxylation is 1. The summed E-state index contributed by atoms with van der Waals surface area (Å²) in [4.78, 5) is 0.181. The maximum atomic E-state index is 11.7. The summed E-state index contributed by atoms with van der Waals surface area (Å²) >= 11 is 2.97. The van der Waals surface area contributed by atoms with Gasteiger partial charge < -0.3 is 5.11 Å². The third kappa shape index (κ3) is 3.35. The Kier molecular flexibility index (Phi) is 3.93. The Morgan fingerprint density at radius 2 is 1.93 bits per heavy atom. The van der Waals surface area contributed by atoms with E-state index in [1.165, 1.54) is 12.1 Å². The maximum Gasteiger partial charge on any atom is 0.203 e. The zero-order chi connectivity index (χ0) is 11.5. The second-order valence-corrected chi connectivity index (χ2v) is 5.46. The second-order valence-electron chi connectivity index (χ2n) is 3.10. The van der Waals surface area contributed by atoms with Crippen LogP contribution >= 0.6 is 15.9 Å². The van der Waals surface area contributed by atoms with Crippen LogP contribution in [0.2, 0.25) is 0 Å². The Balaban J connectivity index is 3.13. The number of rotatable bonds is 3. The Labute approximate surface area is 97.5 Å². The van der Waals surface area contributed by atoms with Crippen molar-refractivity contribution in [3.05, 3.63) is 41.0 Å². The van der Waals surface area contributed by atoms with E-state index in [1.807, 2.05) is 6.92 Å². The van der Waals surface area contributed by atoms with Gasteiger partial charge in [0.15, 0.2) is 0 Å². The van der Waals surface area contributed by atoms with Crippen LogP contribution < -0.4 is 0 Å². The number of aliphatic hydroxyl groups is 1. The Hall–Kier alpha value is -0.810. The minimum absolute atomic E-state index is 0.123. The van der Waals surface area contributed by atoms with E-state index >= 15 is 0 Å². The largest absolute Gasteiger partial charge is 0.511 e. The number of hydrogen-bond donors (Lipinski definition) is 1. The molecule has 1 aromatic carbocycles. The average Bonchev–Trinajstić information content (AvgIpc) is 2.17. The van der Waals surface area contributed by atoms with Gasteiger partial charge in [0, 0.05) is 0 Å². The summed E-state index contributed by atoms with van der Waals surface area (Å²) in [6, 6.07) is 6.46. The van der Waals surface area contributed by atoms with E-state index < -0.39 is 9.84 Å². The SMILES string of the molecule is Cc1ccc(S(=O)(=O)C=C(O)CBr)cc1. The van der Waals surface area contributed by atoms with Crippen molar-refractivity contribution in [2.45, 2.75) is 11.8 Å². The smallest absolute Gasteiger partial charge is 0.203 e. The maximum absolute atomic E-state index is 11.7. The summed E-state index contributed by atoms with van der Waals surface area (Å²) in [5, 5.41) is 10.1. The third-order valence-electron chi connectivity index (χ3n) is 1.78. The Morgan fingerprint density at radius 3 is 2.40 bits per heavy atom. The molecular formula is C10H11BrO3S. The van der Waals surface area contributed by atoms with Crippen LogP contribution in [-0.2, 0) is 9.84 Å². The Bertz CT molecular complexity index is 460. The van der Waals surface area contributed by atoms with E-state index in [0.29, 0.717) is 0 Å². The molecule has 15 heavy (non-hydrogen) atoms. The molecule has 0 radical (unpaired) electrons. The van der Waals surface area contributed by atoms with Crippen molar-refractivity contribution >= 4 is 25.8 Å². The van der Waals surface area contributed by atoms with Gasteiger partial charge in [0.1, 0.15) is 5.76 Å². The molecule has 0 aliphatic heterocycles. The van der Waals surface area contributed by atoms with Crippen LogP contribution in [0.4, 0.5) is 0 Å². The Morgan fingerprint density at radius 1 is 1.40 bits per heavy atom. The fourth-order valence-electron chi connectivity index (χ4n) is 1.01. The minimum Gasteiger partial charge on any atom is -0.511 e. The highest BCUT2D eigenvalue weighted by molar-refractivity contribution is 9.09. The van der Waals surface area contributed by atoms with Crippen LogP contribution in [0.25, 0.3) is 0 Å². The topological polar surface area (TPSA) is 54.4 Å². The van der Waals surface area contributed by atoms with Crippen LogP contribution in [0, 0.1) is 6.92 Å². The first-order valence-electron chi connectivity index (χ1n) is 4.23. The van der Waals surface area contributed by atoms with Crippen LogP contribution in [0.1, 0.15) is 5.56 Å². The first kappa shape index (κ1) is 12.3. The van der Waals surface area contributed by atoms with Gasteiger partial charge in [0.05, 0.1) is 15.6 Å². The van der Waals surface area contributed by atoms with E-state index in [1.54, 1.807) is 12.1 Å². The molecule has 5 heteroatoms. The van der Waals surface area contributed by atoms with Crippen LogP contribution in [0.3, 0.4) is 0 Å². The monoisotopic (exact) mass is 290 g/mol. The standard InChI is InChI=1S/C10H11BrO3S/c1-8-2-4-10(5-3-8)15(13,14)7-9(12)6-11/h2-5,7,12H,6H2,1H3. The number of benzene rings is 1. The van der Waals surface area contributed by atoms with E-state index in [2.05, 4.69) is 15.9 Å². The molecule has 0 bridgehead atoms. The molecule has 0 unspecified atom stereocenters. The van der Waals surface area contributed by atoms with Gasteiger partial charge in [0.2, 0.25) is 9.84 Å². The summed E-state index contributed by atoms with van der Waals surface area (Å²) in [7, 11) is -3.53. The van der Waals surface area contributed by atoms with Gasteiger partial charge in [-0.2, -0.15) is 0 Å². The predicted molar refractivity (Wildman–Crippen MR) is 62.9 cm³/mol. The summed E-state index contributed by atoms with van der Waals surface area (Å²) in [6.07, 6.45) is 0.